The molecule has 32 heavy (non-hydrogen) atoms. The zero-order valence-electron chi connectivity index (χ0n) is 18.4. The Morgan fingerprint density at radius 3 is 2.44 bits per heavy atom. The molecule has 0 aliphatic carbocycles. The summed E-state index contributed by atoms with van der Waals surface area (Å²) in [5, 5.41) is 4.87. The van der Waals surface area contributed by atoms with Gasteiger partial charge in [0.15, 0.2) is 10.6 Å². The maximum atomic E-state index is 5.84. The normalized spacial score (nSPS) is 11.1. The van der Waals surface area contributed by atoms with Crippen molar-refractivity contribution in [3.8, 4) is 17.1 Å². The number of hydrogen-bond donors (Lipinski definition) is 0. The van der Waals surface area contributed by atoms with Gasteiger partial charge in [-0.3, -0.25) is 14.5 Å². The maximum Gasteiger partial charge on any atom is 0.199 e. The number of ether oxygens (including phenoxy) is 1. The van der Waals surface area contributed by atoms with Gasteiger partial charge < -0.3 is 4.74 Å². The van der Waals surface area contributed by atoms with E-state index in [4.69, 9.17) is 22.1 Å². The summed E-state index contributed by atoms with van der Waals surface area (Å²) in [4.78, 5) is 6.46. The highest BCUT2D eigenvalue weighted by Gasteiger charge is 2.15. The van der Waals surface area contributed by atoms with E-state index in [-0.39, 0.29) is 0 Å². The molecule has 0 radical (unpaired) electrons. The van der Waals surface area contributed by atoms with E-state index in [0.717, 1.165) is 23.7 Å². The van der Waals surface area contributed by atoms with Gasteiger partial charge in [0.2, 0.25) is 0 Å². The fraction of sp³-hybridized carbons (Fsp3) is 0.240. The van der Waals surface area contributed by atoms with Crippen molar-refractivity contribution in [1.82, 2.24) is 24.2 Å². The number of rotatable bonds is 9. The molecule has 0 amide bonds. The van der Waals surface area contributed by atoms with Gasteiger partial charge in [0.05, 0.1) is 19.8 Å². The highest BCUT2D eigenvalue weighted by molar-refractivity contribution is 7.71. The molecule has 0 bridgehead atoms. The molecule has 0 fully saturated rings. The lowest BCUT2D eigenvalue weighted by Gasteiger charge is -2.16. The van der Waals surface area contributed by atoms with E-state index in [1.807, 2.05) is 60.3 Å². The van der Waals surface area contributed by atoms with Gasteiger partial charge in [-0.25, -0.2) is 4.68 Å². The molecule has 0 saturated carbocycles. The van der Waals surface area contributed by atoms with E-state index in [1.165, 1.54) is 11.1 Å². The first-order valence-electron chi connectivity index (χ1n) is 10.7. The molecule has 0 aliphatic heterocycles. The Bertz CT molecular complexity index is 1190. The highest BCUT2D eigenvalue weighted by Crippen LogP contribution is 2.20. The lowest BCUT2D eigenvalue weighted by atomic mass is 10.2. The molecule has 6 nitrogen and oxygen atoms in total. The van der Waals surface area contributed by atoms with Crippen molar-refractivity contribution in [2.45, 2.75) is 26.7 Å². The van der Waals surface area contributed by atoms with Gasteiger partial charge in [-0.2, -0.15) is 5.10 Å². The van der Waals surface area contributed by atoms with Crippen LogP contribution in [0, 0.1) is 4.77 Å². The van der Waals surface area contributed by atoms with Gasteiger partial charge in [-0.05, 0) is 61.6 Å². The number of hydrogen-bond acceptors (Lipinski definition) is 5. The first-order valence-corrected chi connectivity index (χ1v) is 11.1. The minimum Gasteiger partial charge on any atom is -0.494 e. The standard InChI is InChI=1S/C25H27N5OS/c1-3-31-23-13-11-21(12-14-23)17-28(2)19-30-25(32)29(18-20-8-5-4-6-9-20)24(27-30)22-10-7-15-26-16-22/h4-16H,3,17-19H2,1-2H3. The molecule has 7 heteroatoms. The number of nitrogens with zero attached hydrogens (tertiary/aromatic N) is 5. The third-order valence-electron chi connectivity index (χ3n) is 5.09. The van der Waals surface area contributed by atoms with Crippen LogP contribution in [0.4, 0.5) is 0 Å². The highest BCUT2D eigenvalue weighted by atomic mass is 32.1. The third kappa shape index (κ3) is 5.30. The van der Waals surface area contributed by atoms with Crippen LogP contribution >= 0.6 is 12.2 Å². The van der Waals surface area contributed by atoms with Crippen molar-refractivity contribution in [3.05, 3.63) is 95.0 Å². The van der Waals surface area contributed by atoms with Crippen LogP contribution in [0.15, 0.2) is 79.1 Å². The van der Waals surface area contributed by atoms with Crippen molar-refractivity contribution in [3.63, 3.8) is 0 Å². The molecular weight excluding hydrogens is 418 g/mol. The Hall–Kier alpha value is -3.29. The van der Waals surface area contributed by atoms with Crippen LogP contribution in [0.2, 0.25) is 0 Å². The smallest absolute Gasteiger partial charge is 0.199 e. The second-order valence-electron chi connectivity index (χ2n) is 7.65. The van der Waals surface area contributed by atoms with Crippen LogP contribution in [-0.4, -0.2) is 37.9 Å². The predicted octanol–water partition coefficient (Wildman–Crippen LogP) is 5.01. The van der Waals surface area contributed by atoms with E-state index in [1.54, 1.807) is 6.20 Å². The van der Waals surface area contributed by atoms with E-state index >= 15 is 0 Å². The molecular formula is C25H27N5OS. The quantitative estimate of drug-likeness (QED) is 0.339. The fourth-order valence-electron chi connectivity index (χ4n) is 3.60. The third-order valence-corrected chi connectivity index (χ3v) is 5.52. The molecule has 0 atom stereocenters. The lowest BCUT2D eigenvalue weighted by molar-refractivity contribution is 0.244. The zero-order valence-corrected chi connectivity index (χ0v) is 19.2. The van der Waals surface area contributed by atoms with Crippen LogP contribution in [0.3, 0.4) is 0 Å². The van der Waals surface area contributed by atoms with Crippen molar-refractivity contribution in [2.75, 3.05) is 13.7 Å². The van der Waals surface area contributed by atoms with Crippen LogP contribution in [0.1, 0.15) is 18.1 Å². The first-order chi connectivity index (χ1) is 15.6. The largest absolute Gasteiger partial charge is 0.494 e. The summed E-state index contributed by atoms with van der Waals surface area (Å²) in [7, 11) is 2.07. The molecule has 2 aromatic carbocycles. The summed E-state index contributed by atoms with van der Waals surface area (Å²) in [5.74, 6) is 1.71. The Kier molecular flexibility index (Phi) is 7.09. The molecule has 2 heterocycles. The predicted molar refractivity (Wildman–Crippen MR) is 129 cm³/mol. The van der Waals surface area contributed by atoms with Crippen molar-refractivity contribution >= 4 is 12.2 Å². The van der Waals surface area contributed by atoms with Crippen LogP contribution < -0.4 is 4.74 Å². The average Bonchev–Trinajstić information content (AvgIpc) is 3.11. The minimum atomic E-state index is 0.584. The molecule has 0 spiro atoms. The summed E-state index contributed by atoms with van der Waals surface area (Å²) < 4.78 is 10.2. The molecule has 0 saturated heterocycles. The number of aromatic nitrogens is 4. The van der Waals surface area contributed by atoms with Gasteiger partial charge in [-0.15, -0.1) is 0 Å². The SMILES string of the molecule is CCOc1ccc(CN(C)Cn2nc(-c3cccnc3)n(Cc3ccccc3)c2=S)cc1. The van der Waals surface area contributed by atoms with Crippen molar-refractivity contribution < 1.29 is 4.74 Å². The molecule has 0 aliphatic rings. The fourth-order valence-corrected chi connectivity index (χ4v) is 3.85. The van der Waals surface area contributed by atoms with E-state index < -0.39 is 0 Å². The number of pyridine rings is 1. The van der Waals surface area contributed by atoms with Crippen molar-refractivity contribution in [2.24, 2.45) is 0 Å². The second-order valence-corrected chi connectivity index (χ2v) is 8.02. The summed E-state index contributed by atoms with van der Waals surface area (Å²) in [6, 6.07) is 22.4. The summed E-state index contributed by atoms with van der Waals surface area (Å²) in [5.41, 5.74) is 3.33. The molecule has 4 rings (SSSR count). The summed E-state index contributed by atoms with van der Waals surface area (Å²) >= 11 is 5.84. The van der Waals surface area contributed by atoms with Crippen LogP contribution in [-0.2, 0) is 19.8 Å². The van der Waals surface area contributed by atoms with E-state index in [2.05, 4.69) is 45.8 Å². The van der Waals surface area contributed by atoms with Crippen LogP contribution in [0.5, 0.6) is 5.75 Å². The summed E-state index contributed by atoms with van der Waals surface area (Å²) in [6.07, 6.45) is 3.59. The molecule has 4 aromatic rings. The Morgan fingerprint density at radius 1 is 0.969 bits per heavy atom. The topological polar surface area (TPSA) is 48.1 Å². The van der Waals surface area contributed by atoms with Gasteiger partial charge >= 0.3 is 0 Å². The summed E-state index contributed by atoms with van der Waals surface area (Å²) in [6.45, 7) is 4.68. The average molecular weight is 446 g/mol. The Morgan fingerprint density at radius 2 is 1.75 bits per heavy atom. The van der Waals surface area contributed by atoms with Gasteiger partial charge in [0.25, 0.3) is 0 Å². The maximum absolute atomic E-state index is 5.84. The Balaban J connectivity index is 1.57. The Labute approximate surface area is 193 Å². The van der Waals surface area contributed by atoms with E-state index in [9.17, 15) is 0 Å². The first kappa shape index (κ1) is 21.9. The molecule has 0 N–H and O–H groups in total. The minimum absolute atomic E-state index is 0.584. The molecule has 0 unspecified atom stereocenters. The van der Waals surface area contributed by atoms with Gasteiger partial charge in [-0.1, -0.05) is 42.5 Å². The van der Waals surface area contributed by atoms with E-state index in [0.29, 0.717) is 24.6 Å². The van der Waals surface area contributed by atoms with Gasteiger partial charge in [0.1, 0.15) is 5.75 Å². The molecule has 2 aromatic heterocycles. The number of benzene rings is 2. The van der Waals surface area contributed by atoms with Gasteiger partial charge in [0, 0.05) is 24.5 Å². The molecule has 164 valence electrons. The lowest BCUT2D eigenvalue weighted by Crippen LogP contribution is -2.22. The van der Waals surface area contributed by atoms with Crippen molar-refractivity contribution in [1.29, 1.82) is 0 Å². The van der Waals surface area contributed by atoms with Crippen LogP contribution in [0.25, 0.3) is 11.4 Å². The monoisotopic (exact) mass is 445 g/mol. The zero-order chi connectivity index (χ0) is 22.3. The second kappa shape index (κ2) is 10.3.